The molecule has 35 heavy (non-hydrogen) atoms. The molecule has 0 unspecified atom stereocenters. The first-order chi connectivity index (χ1) is 16.8. The molecule has 0 saturated carbocycles. The Labute approximate surface area is 199 Å². The van der Waals surface area contributed by atoms with Gasteiger partial charge in [0.25, 0.3) is 12.0 Å². The summed E-state index contributed by atoms with van der Waals surface area (Å²) in [6, 6.07) is 10.3. The minimum Gasteiger partial charge on any atom is -0.494 e. The lowest BCUT2D eigenvalue weighted by atomic mass is 10.1. The summed E-state index contributed by atoms with van der Waals surface area (Å²) in [5.41, 5.74) is 0.980. The summed E-state index contributed by atoms with van der Waals surface area (Å²) in [4.78, 5) is 17.5. The van der Waals surface area contributed by atoms with Gasteiger partial charge in [-0.25, -0.2) is 18.2 Å². The van der Waals surface area contributed by atoms with Gasteiger partial charge in [-0.3, -0.25) is 4.79 Å². The lowest BCUT2D eigenvalue weighted by Crippen LogP contribution is -2.29. The first kappa shape index (κ1) is 24.1. The van der Waals surface area contributed by atoms with Gasteiger partial charge in [0.2, 0.25) is 0 Å². The highest BCUT2D eigenvalue weighted by molar-refractivity contribution is 5.65. The standard InChI is InChI=1S/C25H23F3N4O3/c1-15-11-31(14-29-15)21-7-6-19(10-23(21)35-2)30-20-9-17(24(27)28)12-32(25(20)34)22(13-33)16-4-3-5-18(26)8-16/h3-12,14,22,24,30,33H,13H2,1-2H3/t22-/m0/s1. The van der Waals surface area contributed by atoms with Crippen molar-refractivity contribution in [2.75, 3.05) is 19.0 Å². The van der Waals surface area contributed by atoms with Crippen LogP contribution in [0.1, 0.15) is 29.3 Å². The number of nitrogens with one attached hydrogen (secondary N) is 1. The van der Waals surface area contributed by atoms with Crippen LogP contribution in [0.4, 0.5) is 24.5 Å². The fraction of sp³-hybridized carbons (Fsp3) is 0.200. The number of methoxy groups -OCH3 is 1. The lowest BCUT2D eigenvalue weighted by molar-refractivity contribution is 0.149. The highest BCUT2D eigenvalue weighted by Gasteiger charge is 2.21. The molecular weight excluding hydrogens is 461 g/mol. The van der Waals surface area contributed by atoms with Crippen molar-refractivity contribution < 1.29 is 23.0 Å². The van der Waals surface area contributed by atoms with Crippen molar-refractivity contribution in [2.45, 2.75) is 19.4 Å². The number of pyridine rings is 1. The molecule has 0 aliphatic carbocycles. The number of imidazole rings is 1. The van der Waals surface area contributed by atoms with E-state index in [4.69, 9.17) is 4.74 Å². The highest BCUT2D eigenvalue weighted by atomic mass is 19.3. The number of benzene rings is 2. The van der Waals surface area contributed by atoms with Gasteiger partial charge < -0.3 is 24.3 Å². The van der Waals surface area contributed by atoms with Crippen LogP contribution in [0.25, 0.3) is 5.69 Å². The largest absolute Gasteiger partial charge is 0.494 e. The summed E-state index contributed by atoms with van der Waals surface area (Å²) < 4.78 is 49.4. The number of ether oxygens (including phenoxy) is 1. The average molecular weight is 484 g/mol. The molecule has 4 rings (SSSR count). The second-order valence-electron chi connectivity index (χ2n) is 7.89. The van der Waals surface area contributed by atoms with Crippen molar-refractivity contribution in [1.82, 2.24) is 14.1 Å². The Hall–Kier alpha value is -4.05. The van der Waals surface area contributed by atoms with E-state index in [2.05, 4.69) is 10.3 Å². The summed E-state index contributed by atoms with van der Waals surface area (Å²) in [7, 11) is 1.49. The van der Waals surface area contributed by atoms with Crippen LogP contribution in [-0.4, -0.2) is 32.9 Å². The van der Waals surface area contributed by atoms with Gasteiger partial charge >= 0.3 is 0 Å². The number of hydrogen-bond acceptors (Lipinski definition) is 5. The molecule has 2 N–H and O–H groups in total. The minimum atomic E-state index is -2.88. The lowest BCUT2D eigenvalue weighted by Gasteiger charge is -2.21. The average Bonchev–Trinajstić information content (AvgIpc) is 3.27. The highest BCUT2D eigenvalue weighted by Crippen LogP contribution is 2.30. The first-order valence-corrected chi connectivity index (χ1v) is 10.7. The van der Waals surface area contributed by atoms with Gasteiger partial charge in [-0.2, -0.15) is 0 Å². The Morgan fingerprint density at radius 1 is 1.11 bits per heavy atom. The van der Waals surface area contributed by atoms with Crippen molar-refractivity contribution >= 4 is 11.4 Å². The number of aliphatic hydroxyl groups excluding tert-OH is 1. The third-order valence-electron chi connectivity index (χ3n) is 5.51. The van der Waals surface area contributed by atoms with Gasteiger partial charge in [-0.05, 0) is 42.8 Å². The predicted molar refractivity (Wildman–Crippen MR) is 125 cm³/mol. The first-order valence-electron chi connectivity index (χ1n) is 10.7. The van der Waals surface area contributed by atoms with E-state index in [1.165, 1.54) is 25.3 Å². The molecule has 0 bridgehead atoms. The van der Waals surface area contributed by atoms with Crippen LogP contribution in [-0.2, 0) is 0 Å². The summed E-state index contributed by atoms with van der Waals surface area (Å²) >= 11 is 0. The van der Waals surface area contributed by atoms with E-state index >= 15 is 0 Å². The van der Waals surface area contributed by atoms with E-state index in [1.807, 2.05) is 13.1 Å². The third-order valence-corrected chi connectivity index (χ3v) is 5.51. The second-order valence-corrected chi connectivity index (χ2v) is 7.89. The Morgan fingerprint density at radius 2 is 1.91 bits per heavy atom. The number of halogens is 3. The number of hydrogen-bond donors (Lipinski definition) is 2. The van der Waals surface area contributed by atoms with Crippen LogP contribution in [0.2, 0.25) is 0 Å². The van der Waals surface area contributed by atoms with E-state index in [0.717, 1.165) is 28.6 Å². The number of rotatable bonds is 8. The van der Waals surface area contributed by atoms with Gasteiger partial charge in [0.15, 0.2) is 0 Å². The molecule has 0 fully saturated rings. The normalized spacial score (nSPS) is 12.1. The third kappa shape index (κ3) is 5.07. The number of nitrogens with zero attached hydrogens (tertiary/aromatic N) is 3. The summed E-state index contributed by atoms with van der Waals surface area (Å²) in [5, 5.41) is 12.8. The van der Waals surface area contributed by atoms with Crippen LogP contribution >= 0.6 is 0 Å². The summed E-state index contributed by atoms with van der Waals surface area (Å²) in [6.07, 6.45) is 1.55. The smallest absolute Gasteiger partial charge is 0.274 e. The van der Waals surface area contributed by atoms with Crippen molar-refractivity contribution in [1.29, 1.82) is 0 Å². The molecule has 0 spiro atoms. The molecule has 1 atom stereocenters. The molecular formula is C25H23F3N4O3. The molecule has 2 aromatic heterocycles. The SMILES string of the molecule is COc1cc(Nc2cc(C(F)F)cn([C@@H](CO)c3cccc(F)c3)c2=O)ccc1-n1cnc(C)c1. The van der Waals surface area contributed by atoms with Gasteiger partial charge in [-0.15, -0.1) is 0 Å². The number of aromatic nitrogens is 3. The van der Waals surface area contributed by atoms with E-state index in [0.29, 0.717) is 17.1 Å². The number of aliphatic hydroxyl groups is 1. The zero-order chi connectivity index (χ0) is 25.1. The molecule has 0 aliphatic rings. The van der Waals surface area contributed by atoms with Crippen molar-refractivity contribution in [3.05, 3.63) is 100 Å². The second kappa shape index (κ2) is 10.1. The van der Waals surface area contributed by atoms with E-state index in [9.17, 15) is 23.1 Å². The molecule has 0 aliphatic heterocycles. The fourth-order valence-corrected chi connectivity index (χ4v) is 3.81. The van der Waals surface area contributed by atoms with Crippen molar-refractivity contribution in [3.63, 3.8) is 0 Å². The van der Waals surface area contributed by atoms with E-state index in [-0.39, 0.29) is 11.3 Å². The van der Waals surface area contributed by atoms with Crippen LogP contribution in [0.15, 0.2) is 72.0 Å². The van der Waals surface area contributed by atoms with Gasteiger partial charge in [0, 0.05) is 29.7 Å². The maximum atomic E-state index is 13.8. The molecule has 182 valence electrons. The van der Waals surface area contributed by atoms with Crippen LogP contribution < -0.4 is 15.6 Å². The van der Waals surface area contributed by atoms with Gasteiger partial charge in [0.1, 0.15) is 17.3 Å². The maximum absolute atomic E-state index is 13.8. The Kier molecular flexibility index (Phi) is 6.92. The molecule has 0 radical (unpaired) electrons. The molecule has 7 nitrogen and oxygen atoms in total. The van der Waals surface area contributed by atoms with Crippen LogP contribution in [0, 0.1) is 12.7 Å². The van der Waals surface area contributed by atoms with Gasteiger partial charge in [0.05, 0.1) is 37.5 Å². The monoisotopic (exact) mass is 484 g/mol. The number of alkyl halides is 2. The fourth-order valence-electron chi connectivity index (χ4n) is 3.81. The zero-order valence-electron chi connectivity index (χ0n) is 19.0. The Bertz CT molecular complexity index is 1400. The summed E-state index contributed by atoms with van der Waals surface area (Å²) in [5.74, 6) is -0.108. The molecule has 0 saturated heterocycles. The molecule has 2 heterocycles. The zero-order valence-corrected chi connectivity index (χ0v) is 19.0. The molecule has 4 aromatic rings. The Morgan fingerprint density at radius 3 is 2.54 bits per heavy atom. The number of anilines is 2. The quantitative estimate of drug-likeness (QED) is 0.377. The molecule has 2 aromatic carbocycles. The van der Waals surface area contributed by atoms with E-state index < -0.39 is 36.0 Å². The van der Waals surface area contributed by atoms with Gasteiger partial charge in [-0.1, -0.05) is 12.1 Å². The summed E-state index contributed by atoms with van der Waals surface area (Å²) in [6.45, 7) is 1.26. The maximum Gasteiger partial charge on any atom is 0.274 e. The topological polar surface area (TPSA) is 81.3 Å². The van der Waals surface area contributed by atoms with Crippen molar-refractivity contribution in [3.8, 4) is 11.4 Å². The Balaban J connectivity index is 1.76. The van der Waals surface area contributed by atoms with Crippen LogP contribution in [0.3, 0.4) is 0 Å². The van der Waals surface area contributed by atoms with Crippen LogP contribution in [0.5, 0.6) is 5.75 Å². The van der Waals surface area contributed by atoms with Crippen molar-refractivity contribution in [2.24, 2.45) is 0 Å². The minimum absolute atomic E-state index is 0.133. The van der Waals surface area contributed by atoms with E-state index in [1.54, 1.807) is 29.1 Å². The molecule has 0 amide bonds. The molecule has 10 heteroatoms. The number of aryl methyl sites for hydroxylation is 1. The predicted octanol–water partition coefficient (Wildman–Crippen LogP) is 4.75.